The van der Waals surface area contributed by atoms with Gasteiger partial charge in [-0.15, -0.1) is 0 Å². The molecular weight excluding hydrogens is 286 g/mol. The van der Waals surface area contributed by atoms with Gasteiger partial charge in [0.1, 0.15) is 0 Å². The van der Waals surface area contributed by atoms with Gasteiger partial charge in [0.25, 0.3) is 5.89 Å². The summed E-state index contributed by atoms with van der Waals surface area (Å²) in [6.07, 6.45) is 0.596. The second kappa shape index (κ2) is 5.97. The van der Waals surface area contributed by atoms with Gasteiger partial charge in [0.15, 0.2) is 5.82 Å². The molecule has 1 N–H and O–H groups in total. The van der Waals surface area contributed by atoms with E-state index in [0.29, 0.717) is 23.2 Å². The first kappa shape index (κ1) is 13.6. The average molecular weight is 300 g/mol. The van der Waals surface area contributed by atoms with Crippen LogP contribution in [0.3, 0.4) is 0 Å². The molecule has 0 aliphatic carbocycles. The summed E-state index contributed by atoms with van der Waals surface area (Å²) in [5, 5.41) is 7.79. The standard InChI is InChI=1S/C16H14ClN3O/c1-18-14-7-5-12(6-8-14)16-19-15(20-21-16)10-11-3-2-4-13(17)9-11/h2-9,18H,10H2,1H3. The maximum atomic E-state index is 5.97. The summed E-state index contributed by atoms with van der Waals surface area (Å²) in [7, 11) is 1.88. The smallest absolute Gasteiger partial charge is 0.257 e. The number of halogens is 1. The number of anilines is 1. The van der Waals surface area contributed by atoms with Crippen LogP contribution in [0.4, 0.5) is 5.69 Å². The summed E-state index contributed by atoms with van der Waals surface area (Å²) >= 11 is 5.97. The number of nitrogens with one attached hydrogen (secondary N) is 1. The Balaban J connectivity index is 1.79. The van der Waals surface area contributed by atoms with Gasteiger partial charge in [0.2, 0.25) is 0 Å². The van der Waals surface area contributed by atoms with Gasteiger partial charge in [-0.25, -0.2) is 0 Å². The van der Waals surface area contributed by atoms with Crippen LogP contribution in [0.25, 0.3) is 11.5 Å². The number of aromatic nitrogens is 2. The normalized spacial score (nSPS) is 10.6. The van der Waals surface area contributed by atoms with Gasteiger partial charge in [0.05, 0.1) is 0 Å². The Hall–Kier alpha value is -2.33. The summed E-state index contributed by atoms with van der Waals surface area (Å²) in [4.78, 5) is 4.42. The third kappa shape index (κ3) is 3.23. The number of hydrogen-bond donors (Lipinski definition) is 1. The van der Waals surface area contributed by atoms with Crippen molar-refractivity contribution >= 4 is 17.3 Å². The summed E-state index contributed by atoms with van der Waals surface area (Å²) in [5.41, 5.74) is 3.00. The molecule has 0 aliphatic heterocycles. The van der Waals surface area contributed by atoms with E-state index in [1.807, 2.05) is 55.6 Å². The Kier molecular flexibility index (Phi) is 3.88. The molecule has 0 aliphatic rings. The van der Waals surface area contributed by atoms with Crippen LogP contribution in [-0.2, 0) is 6.42 Å². The molecule has 0 unspecified atom stereocenters. The molecule has 0 spiro atoms. The van der Waals surface area contributed by atoms with E-state index in [0.717, 1.165) is 16.8 Å². The van der Waals surface area contributed by atoms with Crippen molar-refractivity contribution in [2.24, 2.45) is 0 Å². The van der Waals surface area contributed by atoms with Crippen molar-refractivity contribution in [2.45, 2.75) is 6.42 Å². The Morgan fingerprint density at radius 2 is 1.95 bits per heavy atom. The van der Waals surface area contributed by atoms with Gasteiger partial charge in [-0.1, -0.05) is 28.9 Å². The molecule has 4 nitrogen and oxygen atoms in total. The summed E-state index contributed by atoms with van der Waals surface area (Å²) in [6, 6.07) is 15.5. The van der Waals surface area contributed by atoms with Crippen molar-refractivity contribution < 1.29 is 4.52 Å². The van der Waals surface area contributed by atoms with Crippen molar-refractivity contribution in [3.8, 4) is 11.5 Å². The molecule has 0 radical (unpaired) electrons. The highest BCUT2D eigenvalue weighted by Crippen LogP contribution is 2.20. The number of rotatable bonds is 4. The summed E-state index contributed by atoms with van der Waals surface area (Å²) < 4.78 is 5.31. The molecule has 21 heavy (non-hydrogen) atoms. The van der Waals surface area contributed by atoms with Crippen LogP contribution in [0.15, 0.2) is 53.1 Å². The zero-order valence-corrected chi connectivity index (χ0v) is 12.3. The largest absolute Gasteiger partial charge is 0.388 e. The molecule has 0 saturated heterocycles. The predicted molar refractivity (Wildman–Crippen MR) is 83.5 cm³/mol. The maximum Gasteiger partial charge on any atom is 0.257 e. The molecule has 1 aromatic heterocycles. The lowest BCUT2D eigenvalue weighted by molar-refractivity contribution is 0.424. The van der Waals surface area contributed by atoms with Crippen molar-refractivity contribution in [3.05, 3.63) is 64.9 Å². The fourth-order valence-corrected chi connectivity index (χ4v) is 2.26. The van der Waals surface area contributed by atoms with Crippen LogP contribution in [0.2, 0.25) is 5.02 Å². The highest BCUT2D eigenvalue weighted by molar-refractivity contribution is 6.30. The van der Waals surface area contributed by atoms with Crippen LogP contribution in [0.1, 0.15) is 11.4 Å². The highest BCUT2D eigenvalue weighted by atomic mass is 35.5. The minimum atomic E-state index is 0.523. The second-order valence-corrected chi connectivity index (χ2v) is 5.09. The number of nitrogens with zero attached hydrogens (tertiary/aromatic N) is 2. The molecule has 0 bridgehead atoms. The zero-order chi connectivity index (χ0) is 14.7. The predicted octanol–water partition coefficient (Wildman–Crippen LogP) is 4.02. The minimum absolute atomic E-state index is 0.523. The quantitative estimate of drug-likeness (QED) is 0.790. The molecule has 0 saturated carbocycles. The lowest BCUT2D eigenvalue weighted by Crippen LogP contribution is -1.90. The first-order valence-electron chi connectivity index (χ1n) is 6.60. The molecule has 3 rings (SSSR count). The zero-order valence-electron chi connectivity index (χ0n) is 11.5. The van der Waals surface area contributed by atoms with E-state index in [1.165, 1.54) is 0 Å². The lowest BCUT2D eigenvalue weighted by atomic mass is 10.1. The fraction of sp³-hybridized carbons (Fsp3) is 0.125. The van der Waals surface area contributed by atoms with Gasteiger partial charge in [0, 0.05) is 29.7 Å². The van der Waals surface area contributed by atoms with Gasteiger partial charge in [-0.05, 0) is 42.0 Å². The van der Waals surface area contributed by atoms with E-state index in [9.17, 15) is 0 Å². The molecule has 5 heteroatoms. The Labute approximate surface area is 127 Å². The van der Waals surface area contributed by atoms with Crippen molar-refractivity contribution in [3.63, 3.8) is 0 Å². The van der Waals surface area contributed by atoms with Crippen LogP contribution >= 0.6 is 11.6 Å². The van der Waals surface area contributed by atoms with Crippen LogP contribution in [0, 0.1) is 0 Å². The molecule has 3 aromatic rings. The first-order valence-corrected chi connectivity index (χ1v) is 6.97. The fourth-order valence-electron chi connectivity index (χ4n) is 2.05. The molecule has 0 amide bonds. The van der Waals surface area contributed by atoms with Crippen LogP contribution in [-0.4, -0.2) is 17.2 Å². The van der Waals surface area contributed by atoms with Crippen molar-refractivity contribution in [2.75, 3.05) is 12.4 Å². The Morgan fingerprint density at radius 1 is 1.14 bits per heavy atom. The third-order valence-corrected chi connectivity index (χ3v) is 3.37. The van der Waals surface area contributed by atoms with E-state index >= 15 is 0 Å². The molecule has 106 valence electrons. The van der Waals surface area contributed by atoms with Gasteiger partial charge >= 0.3 is 0 Å². The topological polar surface area (TPSA) is 51.0 Å². The van der Waals surface area contributed by atoms with Gasteiger partial charge in [-0.2, -0.15) is 4.98 Å². The average Bonchev–Trinajstić information content (AvgIpc) is 2.96. The monoisotopic (exact) mass is 299 g/mol. The van der Waals surface area contributed by atoms with Crippen molar-refractivity contribution in [1.82, 2.24) is 10.1 Å². The van der Waals surface area contributed by atoms with E-state index < -0.39 is 0 Å². The third-order valence-electron chi connectivity index (χ3n) is 3.14. The highest BCUT2D eigenvalue weighted by Gasteiger charge is 2.09. The first-order chi connectivity index (χ1) is 10.2. The minimum Gasteiger partial charge on any atom is -0.388 e. The van der Waals surface area contributed by atoms with E-state index in [1.54, 1.807) is 0 Å². The SMILES string of the molecule is CNc1ccc(-c2nc(Cc3cccc(Cl)c3)no2)cc1. The Bertz CT molecular complexity index is 737. The van der Waals surface area contributed by atoms with Crippen LogP contribution in [0.5, 0.6) is 0 Å². The second-order valence-electron chi connectivity index (χ2n) is 4.65. The molecular formula is C16H14ClN3O. The van der Waals surface area contributed by atoms with E-state index in [4.69, 9.17) is 16.1 Å². The summed E-state index contributed by atoms with van der Waals surface area (Å²) in [5.74, 6) is 1.17. The molecule has 1 heterocycles. The van der Waals surface area contributed by atoms with Gasteiger partial charge in [-0.3, -0.25) is 0 Å². The Morgan fingerprint density at radius 3 is 2.67 bits per heavy atom. The van der Waals surface area contributed by atoms with E-state index in [2.05, 4.69) is 15.5 Å². The number of hydrogen-bond acceptors (Lipinski definition) is 4. The molecule has 2 aromatic carbocycles. The molecule has 0 atom stereocenters. The number of benzene rings is 2. The van der Waals surface area contributed by atoms with Crippen molar-refractivity contribution in [1.29, 1.82) is 0 Å². The summed E-state index contributed by atoms with van der Waals surface area (Å²) in [6.45, 7) is 0. The molecule has 0 fully saturated rings. The van der Waals surface area contributed by atoms with Crippen LogP contribution < -0.4 is 5.32 Å². The lowest BCUT2D eigenvalue weighted by Gasteiger charge is -1.99. The van der Waals surface area contributed by atoms with E-state index in [-0.39, 0.29) is 0 Å². The maximum absolute atomic E-state index is 5.97. The van der Waals surface area contributed by atoms with Gasteiger partial charge < -0.3 is 9.84 Å².